The number of aromatic nitrogens is 1. The Bertz CT molecular complexity index is 514. The fourth-order valence-corrected chi connectivity index (χ4v) is 3.11. The zero-order valence-corrected chi connectivity index (χ0v) is 11.7. The van der Waals surface area contributed by atoms with Crippen LogP contribution in [0.15, 0.2) is 18.2 Å². The van der Waals surface area contributed by atoms with Crippen molar-refractivity contribution in [3.05, 3.63) is 45.1 Å². The maximum absolute atomic E-state index is 6.05. The fraction of sp³-hybridized carbons (Fsp3) is 0.308. The minimum Gasteiger partial charge on any atom is -0.378 e. The van der Waals surface area contributed by atoms with Crippen molar-refractivity contribution in [2.45, 2.75) is 20.3 Å². The number of nitrogens with one attached hydrogen (secondary N) is 1. The molecular weight excluding hydrogens is 252 g/mol. The van der Waals surface area contributed by atoms with E-state index < -0.39 is 0 Å². The second kappa shape index (κ2) is 5.07. The van der Waals surface area contributed by atoms with Crippen LogP contribution in [0.3, 0.4) is 0 Å². The molecule has 17 heavy (non-hydrogen) atoms. The molecule has 0 spiro atoms. The number of aryl methyl sites for hydroxylation is 2. The quantitative estimate of drug-likeness (QED) is 0.907. The van der Waals surface area contributed by atoms with E-state index in [9.17, 15) is 0 Å². The van der Waals surface area contributed by atoms with Crippen molar-refractivity contribution in [2.24, 2.45) is 0 Å². The number of nitrogens with zero attached hydrogens (tertiary/aromatic N) is 1. The number of halogens is 1. The molecule has 0 saturated carbocycles. The van der Waals surface area contributed by atoms with Gasteiger partial charge < -0.3 is 5.32 Å². The molecule has 0 aliphatic heterocycles. The minimum atomic E-state index is 0.794. The lowest BCUT2D eigenvalue weighted by molar-refractivity contribution is 1.10. The third-order valence-corrected chi connectivity index (χ3v) is 3.92. The lowest BCUT2D eigenvalue weighted by Crippen LogP contribution is -1.89. The molecule has 0 radical (unpaired) electrons. The van der Waals surface area contributed by atoms with E-state index in [0.29, 0.717) is 0 Å². The summed E-state index contributed by atoms with van der Waals surface area (Å²) in [6.45, 7) is 4.08. The molecule has 1 N–H and O–H groups in total. The normalized spacial score (nSPS) is 10.6. The van der Waals surface area contributed by atoms with Crippen LogP contribution in [0.4, 0.5) is 5.00 Å². The molecule has 1 aromatic carbocycles. The Labute approximate surface area is 111 Å². The van der Waals surface area contributed by atoms with E-state index >= 15 is 0 Å². The van der Waals surface area contributed by atoms with Gasteiger partial charge in [-0.15, -0.1) is 11.3 Å². The van der Waals surface area contributed by atoms with Crippen LogP contribution in [0.25, 0.3) is 0 Å². The second-order valence-corrected chi connectivity index (χ2v) is 5.61. The summed E-state index contributed by atoms with van der Waals surface area (Å²) in [6.07, 6.45) is 0.842. The Hall–Kier alpha value is -1.06. The molecule has 1 heterocycles. The zero-order chi connectivity index (χ0) is 12.4. The molecular formula is C13H15ClN2S. The number of rotatable bonds is 3. The van der Waals surface area contributed by atoms with E-state index in [4.69, 9.17) is 11.6 Å². The Kier molecular flexibility index (Phi) is 3.69. The molecule has 0 fully saturated rings. The maximum atomic E-state index is 6.05. The first-order chi connectivity index (χ1) is 8.08. The second-order valence-electron chi connectivity index (χ2n) is 4.09. The van der Waals surface area contributed by atoms with Crippen molar-refractivity contribution in [2.75, 3.05) is 12.4 Å². The average Bonchev–Trinajstić information content (AvgIpc) is 2.57. The third kappa shape index (κ3) is 2.99. The van der Waals surface area contributed by atoms with Crippen LogP contribution in [-0.4, -0.2) is 12.0 Å². The summed E-state index contributed by atoms with van der Waals surface area (Å²) in [5.41, 5.74) is 3.47. The van der Waals surface area contributed by atoms with Gasteiger partial charge in [0.1, 0.15) is 5.00 Å². The summed E-state index contributed by atoms with van der Waals surface area (Å²) in [7, 11) is 1.92. The Morgan fingerprint density at radius 2 is 2.06 bits per heavy atom. The molecule has 1 aromatic heterocycles. The average molecular weight is 267 g/mol. The topological polar surface area (TPSA) is 24.9 Å². The molecule has 0 saturated heterocycles. The van der Waals surface area contributed by atoms with Gasteiger partial charge in [-0.05, 0) is 37.1 Å². The number of hydrogen-bond acceptors (Lipinski definition) is 3. The molecule has 4 heteroatoms. The molecule has 2 rings (SSSR count). The predicted octanol–water partition coefficient (Wildman–Crippen LogP) is 4.05. The van der Waals surface area contributed by atoms with Gasteiger partial charge in [0, 0.05) is 18.5 Å². The van der Waals surface area contributed by atoms with Gasteiger partial charge in [0.15, 0.2) is 0 Å². The summed E-state index contributed by atoms with van der Waals surface area (Å²) in [6, 6.07) is 6.13. The fourth-order valence-electron chi connectivity index (χ4n) is 1.85. The van der Waals surface area contributed by atoms with Crippen molar-refractivity contribution in [3.8, 4) is 0 Å². The van der Waals surface area contributed by atoms with Crippen LogP contribution in [0.1, 0.15) is 21.8 Å². The largest absolute Gasteiger partial charge is 0.378 e. The van der Waals surface area contributed by atoms with Gasteiger partial charge in [-0.25, -0.2) is 4.98 Å². The first kappa shape index (κ1) is 12.4. The van der Waals surface area contributed by atoms with Crippen LogP contribution >= 0.6 is 22.9 Å². The van der Waals surface area contributed by atoms with Gasteiger partial charge >= 0.3 is 0 Å². The van der Waals surface area contributed by atoms with Gasteiger partial charge in [0.25, 0.3) is 0 Å². The molecule has 2 aromatic rings. The summed E-state index contributed by atoms with van der Waals surface area (Å²) >= 11 is 7.75. The molecule has 0 aliphatic rings. The Morgan fingerprint density at radius 1 is 1.29 bits per heavy atom. The van der Waals surface area contributed by atoms with E-state index in [1.807, 2.05) is 26.1 Å². The van der Waals surface area contributed by atoms with Crippen LogP contribution in [0.2, 0.25) is 5.02 Å². The molecule has 0 aliphatic carbocycles. The van der Waals surface area contributed by atoms with E-state index in [2.05, 4.69) is 23.3 Å². The van der Waals surface area contributed by atoms with Crippen LogP contribution in [0.5, 0.6) is 0 Å². The smallest absolute Gasteiger partial charge is 0.111 e. The van der Waals surface area contributed by atoms with Gasteiger partial charge in [0.05, 0.1) is 10.7 Å². The summed E-state index contributed by atoms with van der Waals surface area (Å²) < 4.78 is 0. The van der Waals surface area contributed by atoms with Crippen molar-refractivity contribution >= 4 is 27.9 Å². The van der Waals surface area contributed by atoms with Gasteiger partial charge in [-0.1, -0.05) is 17.7 Å². The summed E-state index contributed by atoms with van der Waals surface area (Å²) in [5.74, 6) is 0. The summed E-state index contributed by atoms with van der Waals surface area (Å²) in [4.78, 5) is 4.55. The van der Waals surface area contributed by atoms with E-state index in [1.54, 1.807) is 11.3 Å². The van der Waals surface area contributed by atoms with Crippen LogP contribution < -0.4 is 5.32 Å². The standard InChI is InChI=1S/C13H15ClN2S/c1-8-4-10(6-11(14)5-8)7-12-16-9(2)13(15-3)17-12/h4-6,15H,7H2,1-3H3. The molecule has 2 nitrogen and oxygen atoms in total. The number of thiazole rings is 1. The van der Waals surface area contributed by atoms with Crippen molar-refractivity contribution in [1.29, 1.82) is 0 Å². The number of hydrogen-bond donors (Lipinski definition) is 1. The molecule has 0 amide bonds. The van der Waals surface area contributed by atoms with E-state index in [0.717, 1.165) is 27.1 Å². The Morgan fingerprint density at radius 3 is 2.65 bits per heavy atom. The SMILES string of the molecule is CNc1sc(Cc2cc(C)cc(Cl)c2)nc1C. The lowest BCUT2D eigenvalue weighted by atomic mass is 10.1. The molecule has 0 unspecified atom stereocenters. The highest BCUT2D eigenvalue weighted by Crippen LogP contribution is 2.26. The molecule has 90 valence electrons. The minimum absolute atomic E-state index is 0.794. The monoisotopic (exact) mass is 266 g/mol. The van der Waals surface area contributed by atoms with E-state index in [1.165, 1.54) is 11.1 Å². The first-order valence-electron chi connectivity index (χ1n) is 5.48. The lowest BCUT2D eigenvalue weighted by Gasteiger charge is -2.01. The van der Waals surface area contributed by atoms with Gasteiger partial charge in [-0.2, -0.15) is 0 Å². The van der Waals surface area contributed by atoms with Crippen LogP contribution in [0, 0.1) is 13.8 Å². The summed E-state index contributed by atoms with van der Waals surface area (Å²) in [5, 5.41) is 6.20. The molecule has 0 bridgehead atoms. The van der Waals surface area contributed by atoms with Gasteiger partial charge in [0.2, 0.25) is 0 Å². The Balaban J connectivity index is 2.24. The molecule has 0 atom stereocenters. The first-order valence-corrected chi connectivity index (χ1v) is 6.68. The van der Waals surface area contributed by atoms with Crippen LogP contribution in [-0.2, 0) is 6.42 Å². The van der Waals surface area contributed by atoms with Crippen molar-refractivity contribution in [3.63, 3.8) is 0 Å². The number of anilines is 1. The highest BCUT2D eigenvalue weighted by Gasteiger charge is 2.07. The predicted molar refractivity (Wildman–Crippen MR) is 75.4 cm³/mol. The zero-order valence-electron chi connectivity index (χ0n) is 10.2. The maximum Gasteiger partial charge on any atom is 0.111 e. The van der Waals surface area contributed by atoms with Crippen molar-refractivity contribution in [1.82, 2.24) is 4.98 Å². The van der Waals surface area contributed by atoms with Gasteiger partial charge in [-0.3, -0.25) is 0 Å². The van der Waals surface area contributed by atoms with Crippen molar-refractivity contribution < 1.29 is 0 Å². The number of benzene rings is 1. The highest BCUT2D eigenvalue weighted by atomic mass is 35.5. The third-order valence-electron chi connectivity index (χ3n) is 2.53. The highest BCUT2D eigenvalue weighted by molar-refractivity contribution is 7.15. The van der Waals surface area contributed by atoms with E-state index in [-0.39, 0.29) is 0 Å².